The van der Waals surface area contributed by atoms with Crippen LogP contribution in [0.15, 0.2) is 24.3 Å². The largest absolute Gasteiger partial charge is 0.328 e. The molecule has 1 aliphatic heterocycles. The third-order valence-electron chi connectivity index (χ3n) is 2.63. The number of benzene rings is 1. The maximum absolute atomic E-state index is 11.4. The SMILES string of the molecule is O=C1CNC(=O)N1Cn1nnc2ccccc21. The van der Waals surface area contributed by atoms with E-state index in [-0.39, 0.29) is 19.1 Å². The Bertz CT molecular complexity index is 590. The minimum atomic E-state index is -0.394. The third kappa shape index (κ3) is 1.52. The van der Waals surface area contributed by atoms with Crippen LogP contribution in [0.5, 0.6) is 0 Å². The van der Waals surface area contributed by atoms with Gasteiger partial charge in [-0.1, -0.05) is 17.3 Å². The maximum Gasteiger partial charge on any atom is 0.326 e. The molecule has 1 N–H and O–H groups in total. The molecule has 3 amide bonds. The van der Waals surface area contributed by atoms with Gasteiger partial charge in [0.15, 0.2) is 0 Å². The van der Waals surface area contributed by atoms with Gasteiger partial charge in [-0.15, -0.1) is 5.10 Å². The Morgan fingerprint density at radius 1 is 1.29 bits per heavy atom. The van der Waals surface area contributed by atoms with Crippen LogP contribution in [0.4, 0.5) is 4.79 Å². The van der Waals surface area contributed by atoms with Crippen LogP contribution in [-0.4, -0.2) is 38.4 Å². The number of aromatic nitrogens is 3. The molecule has 0 aliphatic carbocycles. The van der Waals surface area contributed by atoms with Crippen LogP contribution in [0.25, 0.3) is 11.0 Å². The van der Waals surface area contributed by atoms with Crippen LogP contribution in [0.3, 0.4) is 0 Å². The lowest BCUT2D eigenvalue weighted by Gasteiger charge is -2.11. The molecule has 2 heterocycles. The second kappa shape index (κ2) is 3.55. The van der Waals surface area contributed by atoms with Crippen LogP contribution in [0, 0.1) is 0 Å². The minimum absolute atomic E-state index is 0.0471. The van der Waals surface area contributed by atoms with Crippen molar-refractivity contribution in [1.29, 1.82) is 0 Å². The fraction of sp³-hybridized carbons (Fsp3) is 0.200. The molecule has 0 atom stereocenters. The third-order valence-corrected chi connectivity index (χ3v) is 2.63. The lowest BCUT2D eigenvalue weighted by atomic mass is 10.3. The number of imide groups is 1. The molecule has 3 rings (SSSR count). The first-order valence-corrected chi connectivity index (χ1v) is 5.12. The summed E-state index contributed by atoms with van der Waals surface area (Å²) in [5.74, 6) is -0.255. The predicted molar refractivity (Wildman–Crippen MR) is 57.8 cm³/mol. The highest BCUT2D eigenvalue weighted by molar-refractivity contribution is 6.01. The normalized spacial score (nSPS) is 15.6. The highest BCUT2D eigenvalue weighted by Gasteiger charge is 2.29. The van der Waals surface area contributed by atoms with Gasteiger partial charge in [0.25, 0.3) is 5.91 Å². The molecular formula is C10H9N5O2. The molecule has 0 unspecified atom stereocenters. The molecule has 0 spiro atoms. The quantitative estimate of drug-likeness (QED) is 0.734. The van der Waals surface area contributed by atoms with Crippen molar-refractivity contribution in [2.45, 2.75) is 6.67 Å². The van der Waals surface area contributed by atoms with Crippen LogP contribution in [0.1, 0.15) is 0 Å². The van der Waals surface area contributed by atoms with E-state index in [1.165, 1.54) is 4.68 Å². The first-order chi connectivity index (χ1) is 8.25. The zero-order chi connectivity index (χ0) is 11.8. The number of hydrogen-bond donors (Lipinski definition) is 1. The summed E-state index contributed by atoms with van der Waals surface area (Å²) in [7, 11) is 0. The van der Waals surface area contributed by atoms with E-state index < -0.39 is 6.03 Å². The van der Waals surface area contributed by atoms with Gasteiger partial charge in [0.2, 0.25) is 0 Å². The molecule has 1 fully saturated rings. The van der Waals surface area contributed by atoms with Gasteiger partial charge < -0.3 is 5.32 Å². The van der Waals surface area contributed by atoms with Gasteiger partial charge in [-0.05, 0) is 12.1 Å². The number of carbonyl (C=O) groups is 2. The predicted octanol–water partition coefficient (Wildman–Crippen LogP) is -0.0594. The molecule has 0 bridgehead atoms. The smallest absolute Gasteiger partial charge is 0.326 e. The lowest BCUT2D eigenvalue weighted by molar-refractivity contribution is -0.126. The molecule has 0 saturated carbocycles. The molecule has 1 aliphatic rings. The van der Waals surface area contributed by atoms with Crippen LogP contribution >= 0.6 is 0 Å². The van der Waals surface area contributed by atoms with E-state index in [1.54, 1.807) is 0 Å². The zero-order valence-corrected chi connectivity index (χ0v) is 8.83. The second-order valence-electron chi connectivity index (χ2n) is 3.70. The fourth-order valence-electron chi connectivity index (χ4n) is 1.75. The Hall–Kier alpha value is -2.44. The molecular weight excluding hydrogens is 222 g/mol. The molecule has 7 nitrogen and oxygen atoms in total. The first-order valence-electron chi connectivity index (χ1n) is 5.12. The number of urea groups is 1. The van der Waals surface area contributed by atoms with Crippen molar-refractivity contribution in [1.82, 2.24) is 25.2 Å². The maximum atomic E-state index is 11.4. The molecule has 1 aromatic heterocycles. The van der Waals surface area contributed by atoms with Crippen molar-refractivity contribution in [2.75, 3.05) is 6.54 Å². The lowest BCUT2D eigenvalue weighted by Crippen LogP contribution is -2.33. The van der Waals surface area contributed by atoms with Gasteiger partial charge in [0.1, 0.15) is 12.2 Å². The van der Waals surface area contributed by atoms with Crippen molar-refractivity contribution in [3.8, 4) is 0 Å². The van der Waals surface area contributed by atoms with Crippen molar-refractivity contribution in [3.05, 3.63) is 24.3 Å². The van der Waals surface area contributed by atoms with E-state index >= 15 is 0 Å². The summed E-state index contributed by atoms with van der Waals surface area (Å²) in [5.41, 5.74) is 1.53. The van der Waals surface area contributed by atoms with Gasteiger partial charge in [-0.3, -0.25) is 4.79 Å². The van der Waals surface area contributed by atoms with E-state index in [2.05, 4.69) is 15.6 Å². The summed E-state index contributed by atoms with van der Waals surface area (Å²) >= 11 is 0. The minimum Gasteiger partial charge on any atom is -0.328 e. The summed E-state index contributed by atoms with van der Waals surface area (Å²) in [5, 5.41) is 10.3. The van der Waals surface area contributed by atoms with E-state index in [9.17, 15) is 9.59 Å². The topological polar surface area (TPSA) is 80.1 Å². The van der Waals surface area contributed by atoms with Gasteiger partial charge >= 0.3 is 6.03 Å². The van der Waals surface area contributed by atoms with Gasteiger partial charge in [0, 0.05) is 0 Å². The summed E-state index contributed by atoms with van der Waals surface area (Å²) < 4.78 is 1.53. The number of nitrogens with one attached hydrogen (secondary N) is 1. The van der Waals surface area contributed by atoms with E-state index in [4.69, 9.17) is 0 Å². The molecule has 7 heteroatoms. The summed E-state index contributed by atoms with van der Waals surface area (Å²) in [4.78, 5) is 23.9. The molecule has 1 saturated heterocycles. The summed E-state index contributed by atoms with van der Waals surface area (Å²) in [6.45, 7) is 0.136. The number of amides is 3. The average molecular weight is 231 g/mol. The molecule has 2 aromatic rings. The number of nitrogens with zero attached hydrogens (tertiary/aromatic N) is 4. The molecule has 86 valence electrons. The zero-order valence-electron chi connectivity index (χ0n) is 8.83. The molecule has 0 radical (unpaired) electrons. The standard InChI is InChI=1S/C10H9N5O2/c16-9-5-11-10(17)14(9)6-15-8-4-2-1-3-7(8)12-13-15/h1-4H,5-6H2,(H,11,17). The first kappa shape index (κ1) is 9.76. The van der Waals surface area contributed by atoms with Gasteiger partial charge in [-0.2, -0.15) is 0 Å². The second-order valence-corrected chi connectivity index (χ2v) is 3.70. The highest BCUT2D eigenvalue weighted by Crippen LogP contribution is 2.11. The van der Waals surface area contributed by atoms with Crippen molar-refractivity contribution < 1.29 is 9.59 Å². The van der Waals surface area contributed by atoms with E-state index in [0.29, 0.717) is 0 Å². The Morgan fingerprint density at radius 3 is 2.88 bits per heavy atom. The fourth-order valence-corrected chi connectivity index (χ4v) is 1.75. The number of hydrogen-bond acceptors (Lipinski definition) is 4. The van der Waals surface area contributed by atoms with E-state index in [0.717, 1.165) is 15.9 Å². The molecule has 1 aromatic carbocycles. The van der Waals surface area contributed by atoms with Crippen molar-refractivity contribution in [2.24, 2.45) is 0 Å². The van der Waals surface area contributed by atoms with Gasteiger partial charge in [-0.25, -0.2) is 14.4 Å². The highest BCUT2D eigenvalue weighted by atomic mass is 16.2. The van der Waals surface area contributed by atoms with Crippen molar-refractivity contribution in [3.63, 3.8) is 0 Å². The Kier molecular flexibility index (Phi) is 2.04. The summed E-state index contributed by atoms with van der Waals surface area (Å²) in [6, 6.07) is 6.98. The van der Waals surface area contributed by atoms with Crippen LogP contribution < -0.4 is 5.32 Å². The number of para-hydroxylation sites is 1. The number of fused-ring (bicyclic) bond motifs is 1. The van der Waals surface area contributed by atoms with Crippen LogP contribution in [0.2, 0.25) is 0 Å². The number of rotatable bonds is 2. The monoisotopic (exact) mass is 231 g/mol. The van der Waals surface area contributed by atoms with Crippen molar-refractivity contribution >= 4 is 23.0 Å². The number of carbonyl (C=O) groups excluding carboxylic acids is 2. The van der Waals surface area contributed by atoms with Gasteiger partial charge in [0.05, 0.1) is 12.1 Å². The molecule has 17 heavy (non-hydrogen) atoms. The average Bonchev–Trinajstić information content (AvgIpc) is 2.88. The Labute approximate surface area is 96.0 Å². The Morgan fingerprint density at radius 2 is 2.12 bits per heavy atom. The Balaban J connectivity index is 1.95. The summed E-state index contributed by atoms with van der Waals surface area (Å²) in [6.07, 6.45) is 0. The van der Waals surface area contributed by atoms with E-state index in [1.807, 2.05) is 24.3 Å². The van der Waals surface area contributed by atoms with Crippen LogP contribution in [-0.2, 0) is 11.5 Å².